The SMILES string of the molecule is CC(C)(C)c1ccc(CC(N)C(=O)O)s1. The summed E-state index contributed by atoms with van der Waals surface area (Å²) in [6.45, 7) is 6.42. The Morgan fingerprint density at radius 2 is 2.13 bits per heavy atom. The molecule has 1 aromatic heterocycles. The predicted octanol–water partition coefficient (Wildman–Crippen LogP) is 2.00. The summed E-state index contributed by atoms with van der Waals surface area (Å²) in [7, 11) is 0. The van der Waals surface area contributed by atoms with Crippen molar-refractivity contribution in [2.75, 3.05) is 0 Å². The van der Waals surface area contributed by atoms with Crippen molar-refractivity contribution >= 4 is 17.3 Å². The van der Waals surface area contributed by atoms with Crippen LogP contribution in [0.4, 0.5) is 0 Å². The predicted molar refractivity (Wildman–Crippen MR) is 62.3 cm³/mol. The van der Waals surface area contributed by atoms with Gasteiger partial charge >= 0.3 is 5.97 Å². The molecular weight excluding hydrogens is 210 g/mol. The van der Waals surface area contributed by atoms with E-state index in [1.807, 2.05) is 6.07 Å². The Balaban J connectivity index is 2.73. The molecule has 1 heterocycles. The van der Waals surface area contributed by atoms with E-state index >= 15 is 0 Å². The molecule has 15 heavy (non-hydrogen) atoms. The van der Waals surface area contributed by atoms with Gasteiger partial charge in [-0.25, -0.2) is 0 Å². The van der Waals surface area contributed by atoms with Crippen LogP contribution in [0.5, 0.6) is 0 Å². The third-order valence-electron chi connectivity index (χ3n) is 2.14. The molecule has 1 rings (SSSR count). The first-order valence-corrected chi connectivity index (χ1v) is 5.70. The third kappa shape index (κ3) is 3.32. The number of carboxylic acid groups (broad SMARTS) is 1. The lowest BCUT2D eigenvalue weighted by Crippen LogP contribution is -2.31. The van der Waals surface area contributed by atoms with Crippen LogP contribution in [-0.4, -0.2) is 17.1 Å². The molecule has 0 amide bonds. The molecule has 0 aliphatic rings. The highest BCUT2D eigenvalue weighted by atomic mass is 32.1. The largest absolute Gasteiger partial charge is 0.480 e. The quantitative estimate of drug-likeness (QED) is 0.830. The Bertz CT molecular complexity index is 352. The maximum Gasteiger partial charge on any atom is 0.320 e. The van der Waals surface area contributed by atoms with Gasteiger partial charge in [0.25, 0.3) is 0 Å². The molecule has 0 aromatic carbocycles. The Hall–Kier alpha value is -0.870. The fourth-order valence-corrected chi connectivity index (χ4v) is 2.32. The second-order valence-corrected chi connectivity index (χ2v) is 5.83. The Kier molecular flexibility index (Phi) is 3.52. The van der Waals surface area contributed by atoms with E-state index in [1.54, 1.807) is 11.3 Å². The normalized spacial score (nSPS) is 13.9. The van der Waals surface area contributed by atoms with Gasteiger partial charge in [-0.2, -0.15) is 0 Å². The summed E-state index contributed by atoms with van der Waals surface area (Å²) in [5, 5.41) is 8.69. The summed E-state index contributed by atoms with van der Waals surface area (Å²) in [6.07, 6.45) is 0.413. The van der Waals surface area contributed by atoms with Crippen molar-refractivity contribution in [1.29, 1.82) is 0 Å². The molecule has 0 bridgehead atoms. The van der Waals surface area contributed by atoms with E-state index in [2.05, 4.69) is 26.8 Å². The summed E-state index contributed by atoms with van der Waals surface area (Å²) in [6, 6.07) is 3.22. The molecule has 0 aliphatic heterocycles. The minimum atomic E-state index is -0.944. The van der Waals surface area contributed by atoms with E-state index in [0.717, 1.165) is 4.88 Å². The summed E-state index contributed by atoms with van der Waals surface area (Å²) in [5.74, 6) is -0.944. The number of carboxylic acids is 1. The maximum atomic E-state index is 10.6. The first-order valence-electron chi connectivity index (χ1n) is 4.88. The number of nitrogens with two attached hydrogens (primary N) is 1. The Morgan fingerprint density at radius 1 is 1.53 bits per heavy atom. The lowest BCUT2D eigenvalue weighted by molar-refractivity contribution is -0.138. The minimum absolute atomic E-state index is 0.121. The van der Waals surface area contributed by atoms with E-state index in [0.29, 0.717) is 6.42 Å². The van der Waals surface area contributed by atoms with Gasteiger partial charge in [-0.15, -0.1) is 11.3 Å². The maximum absolute atomic E-state index is 10.6. The number of carbonyl (C=O) groups is 1. The molecular formula is C11H17NO2S. The Morgan fingerprint density at radius 3 is 2.53 bits per heavy atom. The zero-order valence-corrected chi connectivity index (χ0v) is 10.1. The van der Waals surface area contributed by atoms with Crippen LogP contribution in [-0.2, 0) is 16.6 Å². The van der Waals surface area contributed by atoms with E-state index in [9.17, 15) is 4.79 Å². The van der Waals surface area contributed by atoms with Gasteiger partial charge in [-0.1, -0.05) is 20.8 Å². The summed E-state index contributed by atoms with van der Waals surface area (Å²) in [5.41, 5.74) is 5.60. The first kappa shape index (κ1) is 12.2. The lowest BCUT2D eigenvalue weighted by atomic mass is 9.95. The highest BCUT2D eigenvalue weighted by Gasteiger charge is 2.18. The summed E-state index contributed by atoms with van der Waals surface area (Å²) < 4.78 is 0. The number of hydrogen-bond donors (Lipinski definition) is 2. The fraction of sp³-hybridized carbons (Fsp3) is 0.545. The number of aliphatic carboxylic acids is 1. The average molecular weight is 227 g/mol. The zero-order valence-electron chi connectivity index (χ0n) is 9.28. The first-order chi connectivity index (χ1) is 6.80. The van der Waals surface area contributed by atoms with E-state index < -0.39 is 12.0 Å². The number of thiophene rings is 1. The molecule has 1 unspecified atom stereocenters. The molecule has 3 N–H and O–H groups in total. The van der Waals surface area contributed by atoms with Crippen molar-refractivity contribution in [2.24, 2.45) is 5.73 Å². The van der Waals surface area contributed by atoms with Crippen molar-refractivity contribution in [3.8, 4) is 0 Å². The van der Waals surface area contributed by atoms with Crippen LogP contribution < -0.4 is 5.73 Å². The average Bonchev–Trinajstić information content (AvgIpc) is 2.51. The van der Waals surface area contributed by atoms with Gasteiger partial charge in [0, 0.05) is 16.2 Å². The van der Waals surface area contributed by atoms with Gasteiger partial charge in [0.2, 0.25) is 0 Å². The van der Waals surface area contributed by atoms with Crippen LogP contribution in [0.1, 0.15) is 30.5 Å². The molecule has 84 valence electrons. The molecule has 1 aromatic rings. The standard InChI is InChI=1S/C11H17NO2S/c1-11(2,3)9-5-4-7(15-9)6-8(12)10(13)14/h4-5,8H,6,12H2,1-3H3,(H,13,14). The van der Waals surface area contributed by atoms with Crippen LogP contribution in [0, 0.1) is 0 Å². The summed E-state index contributed by atoms with van der Waals surface area (Å²) >= 11 is 1.64. The number of rotatable bonds is 3. The second kappa shape index (κ2) is 4.33. The van der Waals surface area contributed by atoms with Gasteiger partial charge in [0.15, 0.2) is 0 Å². The minimum Gasteiger partial charge on any atom is -0.480 e. The van der Waals surface area contributed by atoms with Gasteiger partial charge in [-0.3, -0.25) is 4.79 Å². The molecule has 3 nitrogen and oxygen atoms in total. The smallest absolute Gasteiger partial charge is 0.320 e. The highest BCUT2D eigenvalue weighted by Crippen LogP contribution is 2.29. The van der Waals surface area contributed by atoms with Gasteiger partial charge in [0.05, 0.1) is 0 Å². The van der Waals surface area contributed by atoms with Crippen LogP contribution in [0.15, 0.2) is 12.1 Å². The Labute approximate surface area is 93.9 Å². The fourth-order valence-electron chi connectivity index (χ4n) is 1.19. The van der Waals surface area contributed by atoms with E-state index in [4.69, 9.17) is 10.8 Å². The van der Waals surface area contributed by atoms with E-state index in [-0.39, 0.29) is 5.41 Å². The van der Waals surface area contributed by atoms with Crippen molar-refractivity contribution < 1.29 is 9.90 Å². The van der Waals surface area contributed by atoms with Gasteiger partial charge in [-0.05, 0) is 17.5 Å². The van der Waals surface area contributed by atoms with Gasteiger partial charge in [0.1, 0.15) is 6.04 Å². The molecule has 0 fully saturated rings. The molecule has 1 atom stereocenters. The molecule has 0 spiro atoms. The second-order valence-electron chi connectivity index (χ2n) is 4.66. The summed E-state index contributed by atoms with van der Waals surface area (Å²) in [4.78, 5) is 12.9. The molecule has 0 aliphatic carbocycles. The van der Waals surface area contributed by atoms with Crippen molar-refractivity contribution in [3.05, 3.63) is 21.9 Å². The molecule has 0 saturated carbocycles. The monoisotopic (exact) mass is 227 g/mol. The van der Waals surface area contributed by atoms with Crippen molar-refractivity contribution in [2.45, 2.75) is 38.6 Å². The van der Waals surface area contributed by atoms with Crippen LogP contribution in [0.3, 0.4) is 0 Å². The molecule has 0 radical (unpaired) electrons. The van der Waals surface area contributed by atoms with E-state index in [1.165, 1.54) is 4.88 Å². The topological polar surface area (TPSA) is 63.3 Å². The van der Waals surface area contributed by atoms with Crippen LogP contribution >= 0.6 is 11.3 Å². The molecule has 4 heteroatoms. The van der Waals surface area contributed by atoms with Crippen molar-refractivity contribution in [3.63, 3.8) is 0 Å². The lowest BCUT2D eigenvalue weighted by Gasteiger charge is -2.15. The third-order valence-corrected chi connectivity index (χ3v) is 3.67. The van der Waals surface area contributed by atoms with Crippen LogP contribution in [0.2, 0.25) is 0 Å². The molecule has 0 saturated heterocycles. The van der Waals surface area contributed by atoms with Crippen molar-refractivity contribution in [1.82, 2.24) is 0 Å². The number of hydrogen-bond acceptors (Lipinski definition) is 3. The van der Waals surface area contributed by atoms with Crippen LogP contribution in [0.25, 0.3) is 0 Å². The van der Waals surface area contributed by atoms with Gasteiger partial charge < -0.3 is 10.8 Å². The highest BCUT2D eigenvalue weighted by molar-refractivity contribution is 7.12. The zero-order chi connectivity index (χ0) is 11.6.